The highest BCUT2D eigenvalue weighted by molar-refractivity contribution is 5.74. The maximum atomic E-state index is 12.1. The summed E-state index contributed by atoms with van der Waals surface area (Å²) in [5, 5.41) is 12.9. The minimum atomic E-state index is -0.642. The SMILES string of the molecule is CC[C@H](C)Nc1nc2c(c(=O)[nH]c(=O)n2C)n1C[C@H](C)O. The number of fused-ring (bicyclic) bond motifs is 1. The molecule has 2 heterocycles. The molecular weight excluding hydrogens is 274 g/mol. The highest BCUT2D eigenvalue weighted by Gasteiger charge is 2.19. The van der Waals surface area contributed by atoms with Gasteiger partial charge in [-0.2, -0.15) is 4.98 Å². The molecule has 0 saturated heterocycles. The maximum Gasteiger partial charge on any atom is 0.329 e. The zero-order valence-electron chi connectivity index (χ0n) is 12.7. The van der Waals surface area contributed by atoms with Gasteiger partial charge in [0.05, 0.1) is 12.6 Å². The number of rotatable bonds is 5. The van der Waals surface area contributed by atoms with Gasteiger partial charge in [0.1, 0.15) is 0 Å². The monoisotopic (exact) mass is 295 g/mol. The third kappa shape index (κ3) is 2.85. The van der Waals surface area contributed by atoms with E-state index in [9.17, 15) is 14.7 Å². The van der Waals surface area contributed by atoms with Crippen molar-refractivity contribution < 1.29 is 5.11 Å². The Kier molecular flexibility index (Phi) is 4.17. The topological polar surface area (TPSA) is 105 Å². The average Bonchev–Trinajstić information content (AvgIpc) is 2.74. The first kappa shape index (κ1) is 15.3. The molecule has 3 N–H and O–H groups in total. The van der Waals surface area contributed by atoms with Gasteiger partial charge in [-0.05, 0) is 20.3 Å². The average molecular weight is 295 g/mol. The van der Waals surface area contributed by atoms with Crippen LogP contribution in [0.4, 0.5) is 5.95 Å². The molecule has 0 saturated carbocycles. The molecule has 8 nitrogen and oxygen atoms in total. The van der Waals surface area contributed by atoms with Crippen molar-refractivity contribution in [1.29, 1.82) is 0 Å². The second-order valence-electron chi connectivity index (χ2n) is 5.34. The first-order valence-corrected chi connectivity index (χ1v) is 6.99. The standard InChI is InChI=1S/C13H21N5O3/c1-5-7(2)14-12-15-10-9(18(12)6-8(3)19)11(20)16-13(21)17(10)4/h7-8,19H,5-6H2,1-4H3,(H,14,15)(H,16,20,21)/t7-,8-/m0/s1. The Balaban J connectivity index is 2.72. The van der Waals surface area contributed by atoms with E-state index in [1.165, 1.54) is 4.57 Å². The van der Waals surface area contributed by atoms with Crippen LogP contribution < -0.4 is 16.6 Å². The van der Waals surface area contributed by atoms with Crippen molar-refractivity contribution in [3.63, 3.8) is 0 Å². The fraction of sp³-hybridized carbons (Fsp3) is 0.615. The van der Waals surface area contributed by atoms with Crippen LogP contribution in [0.1, 0.15) is 27.2 Å². The molecule has 116 valence electrons. The van der Waals surface area contributed by atoms with Crippen LogP contribution in [0.25, 0.3) is 11.2 Å². The number of hydrogen-bond donors (Lipinski definition) is 3. The maximum absolute atomic E-state index is 12.1. The van der Waals surface area contributed by atoms with Gasteiger partial charge in [0.25, 0.3) is 5.56 Å². The van der Waals surface area contributed by atoms with E-state index < -0.39 is 17.4 Å². The van der Waals surface area contributed by atoms with Crippen LogP contribution in [0, 0.1) is 0 Å². The number of H-pyrrole nitrogens is 1. The number of aryl methyl sites for hydroxylation is 1. The lowest BCUT2D eigenvalue weighted by Gasteiger charge is -2.15. The third-order valence-electron chi connectivity index (χ3n) is 3.44. The number of aliphatic hydroxyl groups excluding tert-OH is 1. The number of aromatic amines is 1. The van der Waals surface area contributed by atoms with Gasteiger partial charge >= 0.3 is 5.69 Å². The van der Waals surface area contributed by atoms with Crippen LogP contribution in [0.15, 0.2) is 9.59 Å². The molecule has 0 spiro atoms. The molecular formula is C13H21N5O3. The van der Waals surface area contributed by atoms with Crippen LogP contribution in [-0.2, 0) is 13.6 Å². The number of imidazole rings is 1. The van der Waals surface area contributed by atoms with Crippen LogP contribution >= 0.6 is 0 Å². The summed E-state index contributed by atoms with van der Waals surface area (Å²) in [6, 6.07) is 0.158. The van der Waals surface area contributed by atoms with Crippen LogP contribution in [-0.4, -0.2) is 36.4 Å². The Labute approximate surface area is 121 Å². The molecule has 0 radical (unpaired) electrons. The van der Waals surface area contributed by atoms with Crippen molar-refractivity contribution >= 4 is 17.1 Å². The first-order chi connectivity index (χ1) is 9.85. The molecule has 0 aliphatic carbocycles. The summed E-state index contributed by atoms with van der Waals surface area (Å²) in [4.78, 5) is 30.4. The van der Waals surface area contributed by atoms with Crippen molar-refractivity contribution in [2.45, 2.75) is 45.9 Å². The molecule has 0 aliphatic heterocycles. The van der Waals surface area contributed by atoms with Crippen molar-refractivity contribution in [1.82, 2.24) is 19.1 Å². The molecule has 2 aromatic rings. The van der Waals surface area contributed by atoms with E-state index in [1.807, 2.05) is 13.8 Å². The van der Waals surface area contributed by atoms with Crippen molar-refractivity contribution in [2.75, 3.05) is 5.32 Å². The molecule has 2 rings (SSSR count). The highest BCUT2D eigenvalue weighted by Crippen LogP contribution is 2.17. The normalized spacial score (nSPS) is 14.3. The van der Waals surface area contributed by atoms with Gasteiger partial charge in [-0.1, -0.05) is 6.92 Å². The lowest BCUT2D eigenvalue weighted by Crippen LogP contribution is -2.30. The number of nitrogens with zero attached hydrogens (tertiary/aromatic N) is 3. The van der Waals surface area contributed by atoms with Crippen LogP contribution in [0.2, 0.25) is 0 Å². The Hall–Kier alpha value is -2.09. The zero-order valence-corrected chi connectivity index (χ0v) is 12.7. The Morgan fingerprint density at radius 3 is 2.62 bits per heavy atom. The van der Waals surface area contributed by atoms with Gasteiger partial charge in [0.2, 0.25) is 5.95 Å². The van der Waals surface area contributed by atoms with Crippen molar-refractivity contribution in [3.8, 4) is 0 Å². The number of hydrogen-bond acceptors (Lipinski definition) is 5. The number of nitrogens with one attached hydrogen (secondary N) is 2. The minimum absolute atomic E-state index is 0.158. The van der Waals surface area contributed by atoms with E-state index in [0.717, 1.165) is 6.42 Å². The molecule has 8 heteroatoms. The molecule has 21 heavy (non-hydrogen) atoms. The molecule has 0 aromatic carbocycles. The number of aromatic nitrogens is 4. The van der Waals surface area contributed by atoms with E-state index in [-0.39, 0.29) is 18.1 Å². The lowest BCUT2D eigenvalue weighted by molar-refractivity contribution is 0.175. The molecule has 0 aliphatic rings. The Morgan fingerprint density at radius 2 is 2.05 bits per heavy atom. The van der Waals surface area contributed by atoms with Gasteiger partial charge in [-0.25, -0.2) is 4.79 Å². The zero-order chi connectivity index (χ0) is 15.7. The Bertz CT molecular complexity index is 755. The summed E-state index contributed by atoms with van der Waals surface area (Å²) >= 11 is 0. The second kappa shape index (κ2) is 5.72. The molecule has 0 fully saturated rings. The number of anilines is 1. The quantitative estimate of drug-likeness (QED) is 0.721. The van der Waals surface area contributed by atoms with Gasteiger partial charge in [-0.15, -0.1) is 0 Å². The largest absolute Gasteiger partial charge is 0.392 e. The van der Waals surface area contributed by atoms with Crippen molar-refractivity contribution in [3.05, 3.63) is 20.8 Å². The predicted molar refractivity (Wildman–Crippen MR) is 80.7 cm³/mol. The summed E-state index contributed by atoms with van der Waals surface area (Å²) in [5.41, 5.74) is -0.429. The van der Waals surface area contributed by atoms with Gasteiger partial charge in [0, 0.05) is 13.1 Å². The molecule has 0 bridgehead atoms. The minimum Gasteiger partial charge on any atom is -0.392 e. The molecule has 2 aromatic heterocycles. The van der Waals surface area contributed by atoms with E-state index in [1.54, 1.807) is 18.5 Å². The molecule has 0 unspecified atom stereocenters. The van der Waals surface area contributed by atoms with Gasteiger partial charge in [-0.3, -0.25) is 14.3 Å². The summed E-state index contributed by atoms with van der Waals surface area (Å²) in [6.45, 7) is 5.88. The predicted octanol–water partition coefficient (Wildman–Crippen LogP) is 0.0145. The fourth-order valence-corrected chi connectivity index (χ4v) is 2.11. The van der Waals surface area contributed by atoms with Crippen LogP contribution in [0.3, 0.4) is 0 Å². The molecule has 0 amide bonds. The summed E-state index contributed by atoms with van der Waals surface area (Å²) in [5.74, 6) is 0.479. The third-order valence-corrected chi connectivity index (χ3v) is 3.44. The fourth-order valence-electron chi connectivity index (χ4n) is 2.11. The van der Waals surface area contributed by atoms with Crippen molar-refractivity contribution in [2.24, 2.45) is 7.05 Å². The smallest absolute Gasteiger partial charge is 0.329 e. The second-order valence-corrected chi connectivity index (χ2v) is 5.34. The van der Waals surface area contributed by atoms with E-state index in [0.29, 0.717) is 11.6 Å². The molecule has 2 atom stereocenters. The van der Waals surface area contributed by atoms with E-state index in [4.69, 9.17) is 0 Å². The number of aliphatic hydroxyl groups is 1. The van der Waals surface area contributed by atoms with Gasteiger partial charge in [0.15, 0.2) is 11.2 Å². The summed E-state index contributed by atoms with van der Waals surface area (Å²) < 4.78 is 2.90. The van der Waals surface area contributed by atoms with Crippen LogP contribution in [0.5, 0.6) is 0 Å². The van der Waals surface area contributed by atoms with E-state index in [2.05, 4.69) is 15.3 Å². The summed E-state index contributed by atoms with van der Waals surface area (Å²) in [6.07, 6.45) is 0.240. The first-order valence-electron chi connectivity index (χ1n) is 6.99. The lowest BCUT2D eigenvalue weighted by atomic mass is 10.3. The highest BCUT2D eigenvalue weighted by atomic mass is 16.3. The Morgan fingerprint density at radius 1 is 1.38 bits per heavy atom. The summed E-state index contributed by atoms with van der Waals surface area (Å²) in [7, 11) is 1.55. The van der Waals surface area contributed by atoms with E-state index >= 15 is 0 Å². The van der Waals surface area contributed by atoms with Gasteiger partial charge < -0.3 is 15.0 Å².